The number of thiazole rings is 1. The number of hydrogen-bond acceptors (Lipinski definition) is 5. The summed E-state index contributed by atoms with van der Waals surface area (Å²) in [6, 6.07) is 7.79. The Balaban J connectivity index is 1.47. The third kappa shape index (κ3) is 3.88. The summed E-state index contributed by atoms with van der Waals surface area (Å²) < 4.78 is 1.06. The zero-order chi connectivity index (χ0) is 18.9. The van der Waals surface area contributed by atoms with E-state index in [4.69, 9.17) is 0 Å². The van der Waals surface area contributed by atoms with Crippen molar-refractivity contribution in [2.24, 2.45) is 17.3 Å². The van der Waals surface area contributed by atoms with Crippen molar-refractivity contribution >= 4 is 38.5 Å². The Morgan fingerprint density at radius 3 is 2.65 bits per heavy atom. The Morgan fingerprint density at radius 2 is 1.96 bits per heavy atom. The van der Waals surface area contributed by atoms with Crippen LogP contribution in [0.25, 0.3) is 10.2 Å². The molecular weight excluding hydrogens is 348 g/mol. The molecule has 3 N–H and O–H groups in total. The Bertz CT molecular complexity index is 834. The maximum Gasteiger partial charge on any atom is 0.257 e. The molecular formula is C19H24N4O2S. The van der Waals surface area contributed by atoms with Crippen LogP contribution in [0.1, 0.15) is 27.7 Å². The topological polar surface area (TPSA) is 83.1 Å². The van der Waals surface area contributed by atoms with E-state index in [-0.39, 0.29) is 35.6 Å². The smallest absolute Gasteiger partial charge is 0.257 e. The number of para-hydroxylation sites is 1. The number of aromatic nitrogens is 1. The van der Waals surface area contributed by atoms with Gasteiger partial charge in [0.1, 0.15) is 0 Å². The van der Waals surface area contributed by atoms with Gasteiger partial charge in [0.2, 0.25) is 5.91 Å². The number of hydrazine groups is 1. The first-order chi connectivity index (χ1) is 12.3. The van der Waals surface area contributed by atoms with Gasteiger partial charge in [-0.1, -0.05) is 49.0 Å². The summed E-state index contributed by atoms with van der Waals surface area (Å²) in [6.07, 6.45) is 2.13. The Kier molecular flexibility index (Phi) is 5.00. The van der Waals surface area contributed by atoms with Crippen molar-refractivity contribution in [1.82, 2.24) is 15.8 Å². The first-order valence-electron chi connectivity index (χ1n) is 8.62. The molecule has 1 fully saturated rings. The van der Waals surface area contributed by atoms with E-state index in [9.17, 15) is 9.59 Å². The molecule has 0 spiro atoms. The molecule has 0 aliphatic heterocycles. The fourth-order valence-corrected chi connectivity index (χ4v) is 4.07. The van der Waals surface area contributed by atoms with Crippen LogP contribution in [0.5, 0.6) is 0 Å². The SMILES string of the molecule is CC(C)=CC1C(C(=O)NNC(=O)CNc2nc3ccccc3s2)C1(C)C. The summed E-state index contributed by atoms with van der Waals surface area (Å²) in [7, 11) is 0. The number of hydrogen-bond donors (Lipinski definition) is 3. The zero-order valence-corrected chi connectivity index (χ0v) is 16.2. The maximum absolute atomic E-state index is 12.3. The van der Waals surface area contributed by atoms with Crippen LogP contribution in [0.4, 0.5) is 5.13 Å². The lowest BCUT2D eigenvalue weighted by molar-refractivity contribution is -0.129. The minimum absolute atomic E-state index is 0.0472. The van der Waals surface area contributed by atoms with Gasteiger partial charge in [0.05, 0.1) is 22.7 Å². The molecule has 0 bridgehead atoms. The predicted octanol–water partition coefficient (Wildman–Crippen LogP) is 3.09. The van der Waals surface area contributed by atoms with Gasteiger partial charge in [0.15, 0.2) is 5.13 Å². The maximum atomic E-state index is 12.3. The Morgan fingerprint density at radius 1 is 1.23 bits per heavy atom. The molecule has 2 aromatic rings. The standard InChI is InChI=1S/C19H24N4O2S/c1-11(2)9-12-16(19(12,3)4)17(25)23-22-15(24)10-20-18-21-13-7-5-6-8-14(13)26-18/h5-9,12,16H,10H2,1-4H3,(H,20,21)(H,22,24)(H,23,25). The van der Waals surface area contributed by atoms with Crippen LogP contribution >= 0.6 is 11.3 Å². The summed E-state index contributed by atoms with van der Waals surface area (Å²) in [4.78, 5) is 28.7. The van der Waals surface area contributed by atoms with E-state index < -0.39 is 0 Å². The second-order valence-corrected chi connectivity index (χ2v) is 8.48. The molecule has 1 saturated carbocycles. The monoisotopic (exact) mass is 372 g/mol. The highest BCUT2D eigenvalue weighted by atomic mass is 32.1. The molecule has 2 atom stereocenters. The average Bonchev–Trinajstić information content (AvgIpc) is 2.94. The molecule has 2 unspecified atom stereocenters. The molecule has 1 aliphatic rings. The van der Waals surface area contributed by atoms with Crippen LogP contribution < -0.4 is 16.2 Å². The van der Waals surface area contributed by atoms with Crippen LogP contribution in [0, 0.1) is 17.3 Å². The largest absolute Gasteiger partial charge is 0.352 e. The number of carbonyl (C=O) groups excluding carboxylic acids is 2. The fourth-order valence-electron chi connectivity index (χ4n) is 3.21. The van der Waals surface area contributed by atoms with Gasteiger partial charge in [-0.3, -0.25) is 20.4 Å². The van der Waals surface area contributed by atoms with E-state index in [1.165, 1.54) is 16.9 Å². The van der Waals surface area contributed by atoms with E-state index in [1.54, 1.807) is 0 Å². The van der Waals surface area contributed by atoms with Crippen molar-refractivity contribution in [2.75, 3.05) is 11.9 Å². The summed E-state index contributed by atoms with van der Waals surface area (Å²) in [5.74, 6) is -0.360. The lowest BCUT2D eigenvalue weighted by Crippen LogP contribution is -2.45. The van der Waals surface area contributed by atoms with Crippen LogP contribution in [0.3, 0.4) is 0 Å². The highest BCUT2D eigenvalue weighted by Crippen LogP contribution is 2.59. The number of rotatable bonds is 5. The van der Waals surface area contributed by atoms with E-state index in [1.807, 2.05) is 38.1 Å². The summed E-state index contributed by atoms with van der Waals surface area (Å²) >= 11 is 1.49. The van der Waals surface area contributed by atoms with Crippen molar-refractivity contribution < 1.29 is 9.59 Å². The third-order valence-electron chi connectivity index (χ3n) is 4.73. The molecule has 1 aromatic heterocycles. The minimum Gasteiger partial charge on any atom is -0.352 e. The second kappa shape index (κ2) is 7.07. The van der Waals surface area contributed by atoms with Gasteiger partial charge < -0.3 is 5.32 Å². The van der Waals surface area contributed by atoms with Crippen molar-refractivity contribution in [3.8, 4) is 0 Å². The van der Waals surface area contributed by atoms with Gasteiger partial charge in [0.25, 0.3) is 5.91 Å². The van der Waals surface area contributed by atoms with Crippen molar-refractivity contribution in [2.45, 2.75) is 27.7 Å². The molecule has 6 nitrogen and oxygen atoms in total. The number of amides is 2. The molecule has 1 heterocycles. The average molecular weight is 372 g/mol. The van der Waals surface area contributed by atoms with Gasteiger partial charge in [-0.2, -0.15) is 0 Å². The summed E-state index contributed by atoms with van der Waals surface area (Å²) in [5.41, 5.74) is 7.03. The molecule has 1 aromatic carbocycles. The zero-order valence-electron chi connectivity index (χ0n) is 15.4. The Labute approximate surface area is 157 Å². The molecule has 1 aliphatic carbocycles. The molecule has 26 heavy (non-hydrogen) atoms. The molecule has 0 radical (unpaired) electrons. The van der Waals surface area contributed by atoms with Crippen molar-refractivity contribution in [1.29, 1.82) is 0 Å². The highest BCUT2D eigenvalue weighted by molar-refractivity contribution is 7.22. The quantitative estimate of drug-likeness (QED) is 0.556. The summed E-state index contributed by atoms with van der Waals surface area (Å²) in [6.45, 7) is 8.24. The molecule has 0 saturated heterocycles. The number of fused-ring (bicyclic) bond motifs is 1. The first kappa shape index (κ1) is 18.4. The first-order valence-corrected chi connectivity index (χ1v) is 9.44. The van der Waals surface area contributed by atoms with Crippen LogP contribution in [-0.4, -0.2) is 23.3 Å². The van der Waals surface area contributed by atoms with Crippen molar-refractivity contribution in [3.63, 3.8) is 0 Å². The Hall–Kier alpha value is -2.41. The molecule has 2 amide bonds. The number of nitrogens with one attached hydrogen (secondary N) is 3. The van der Waals surface area contributed by atoms with Gasteiger partial charge >= 0.3 is 0 Å². The number of carbonyl (C=O) groups is 2. The molecule has 7 heteroatoms. The lowest BCUT2D eigenvalue weighted by Gasteiger charge is -2.08. The van der Waals surface area contributed by atoms with E-state index in [0.717, 1.165) is 10.2 Å². The van der Waals surface area contributed by atoms with Gasteiger partial charge in [-0.15, -0.1) is 0 Å². The number of allylic oxidation sites excluding steroid dienone is 2. The van der Waals surface area contributed by atoms with Crippen molar-refractivity contribution in [3.05, 3.63) is 35.9 Å². The number of anilines is 1. The number of benzene rings is 1. The molecule has 3 rings (SSSR count). The number of nitrogens with zero attached hydrogens (tertiary/aromatic N) is 1. The van der Waals surface area contributed by atoms with E-state index in [2.05, 4.69) is 41.1 Å². The lowest BCUT2D eigenvalue weighted by atomic mass is 10.1. The van der Waals surface area contributed by atoms with Gasteiger partial charge in [0, 0.05) is 0 Å². The third-order valence-corrected chi connectivity index (χ3v) is 5.72. The van der Waals surface area contributed by atoms with E-state index >= 15 is 0 Å². The minimum atomic E-state index is -0.310. The summed E-state index contributed by atoms with van der Waals surface area (Å²) in [5, 5.41) is 3.67. The van der Waals surface area contributed by atoms with E-state index in [0.29, 0.717) is 5.13 Å². The van der Waals surface area contributed by atoms with Gasteiger partial charge in [-0.05, 0) is 37.3 Å². The molecule has 138 valence electrons. The predicted molar refractivity (Wildman–Crippen MR) is 105 cm³/mol. The highest BCUT2D eigenvalue weighted by Gasteiger charge is 2.60. The normalized spacial score (nSPS) is 20.3. The van der Waals surface area contributed by atoms with Crippen LogP contribution in [0.2, 0.25) is 0 Å². The van der Waals surface area contributed by atoms with Gasteiger partial charge in [-0.25, -0.2) is 4.98 Å². The van der Waals surface area contributed by atoms with Crippen LogP contribution in [0.15, 0.2) is 35.9 Å². The fraction of sp³-hybridized carbons (Fsp3) is 0.421. The second-order valence-electron chi connectivity index (χ2n) is 7.45. The van der Waals surface area contributed by atoms with Crippen LogP contribution in [-0.2, 0) is 9.59 Å².